The van der Waals surface area contributed by atoms with Gasteiger partial charge in [0.05, 0.1) is 12.2 Å². The van der Waals surface area contributed by atoms with Crippen LogP contribution in [0.2, 0.25) is 0 Å². The first-order valence-corrected chi connectivity index (χ1v) is 9.28. The second-order valence-corrected chi connectivity index (χ2v) is 9.37. The van der Waals surface area contributed by atoms with Crippen molar-refractivity contribution in [2.75, 3.05) is 0 Å². The van der Waals surface area contributed by atoms with Crippen molar-refractivity contribution in [2.24, 2.45) is 34.5 Å². The van der Waals surface area contributed by atoms with Crippen LogP contribution in [0.25, 0.3) is 0 Å². The molecule has 0 aromatic carbocycles. The molecule has 0 aromatic rings. The second-order valence-electron chi connectivity index (χ2n) is 9.37. The topological polar surface area (TPSA) is 40.5 Å². The minimum Gasteiger partial charge on any atom is -0.393 e. The van der Waals surface area contributed by atoms with Crippen LogP contribution in [0.3, 0.4) is 0 Å². The molecule has 0 aromatic heterocycles. The summed E-state index contributed by atoms with van der Waals surface area (Å²) in [5, 5.41) is 20.3. The van der Waals surface area contributed by atoms with E-state index in [1.54, 1.807) is 0 Å². The van der Waals surface area contributed by atoms with Crippen LogP contribution in [0.5, 0.6) is 0 Å². The molecule has 0 radical (unpaired) electrons. The Labute approximate surface area is 129 Å². The summed E-state index contributed by atoms with van der Waals surface area (Å²) >= 11 is 0. The highest BCUT2D eigenvalue weighted by Crippen LogP contribution is 2.66. The van der Waals surface area contributed by atoms with Gasteiger partial charge in [0.15, 0.2) is 0 Å². The van der Waals surface area contributed by atoms with Crippen LogP contribution in [0.4, 0.5) is 0 Å². The van der Waals surface area contributed by atoms with Gasteiger partial charge in [-0.15, -0.1) is 0 Å². The van der Waals surface area contributed by atoms with Crippen molar-refractivity contribution in [3.63, 3.8) is 0 Å². The standard InChI is InChI=1S/C19H32O2/c1-18-7-6-16-15(17(18)10-14(21)11-18)4-3-12-9-13(20)5-8-19(12,16)2/h12-17,20-21H,3-11H2,1-2H3/t12?,13?,14?,15-,16+,17+,18-,19+/m1/s1. The third kappa shape index (κ3) is 2.05. The molecule has 2 N–H and O–H groups in total. The zero-order valence-corrected chi connectivity index (χ0v) is 13.7. The van der Waals surface area contributed by atoms with Gasteiger partial charge in [-0.25, -0.2) is 0 Å². The Morgan fingerprint density at radius 1 is 0.810 bits per heavy atom. The van der Waals surface area contributed by atoms with Crippen LogP contribution in [-0.4, -0.2) is 22.4 Å². The maximum absolute atomic E-state index is 10.2. The Kier molecular flexibility index (Phi) is 3.25. The Morgan fingerprint density at radius 2 is 1.62 bits per heavy atom. The first kappa shape index (κ1) is 14.5. The second kappa shape index (κ2) is 4.71. The molecule has 21 heavy (non-hydrogen) atoms. The van der Waals surface area contributed by atoms with Crippen molar-refractivity contribution in [3.8, 4) is 0 Å². The van der Waals surface area contributed by atoms with Gasteiger partial charge in [0.2, 0.25) is 0 Å². The lowest BCUT2D eigenvalue weighted by Crippen LogP contribution is -2.53. The van der Waals surface area contributed by atoms with Gasteiger partial charge in [-0.3, -0.25) is 0 Å². The van der Waals surface area contributed by atoms with Gasteiger partial charge in [0, 0.05) is 0 Å². The quantitative estimate of drug-likeness (QED) is 0.714. The first-order chi connectivity index (χ1) is 9.92. The average Bonchev–Trinajstić information content (AvgIpc) is 2.74. The molecule has 0 saturated heterocycles. The Morgan fingerprint density at radius 3 is 2.43 bits per heavy atom. The van der Waals surface area contributed by atoms with Crippen molar-refractivity contribution in [1.29, 1.82) is 0 Å². The molecule has 4 aliphatic rings. The maximum atomic E-state index is 10.2. The molecule has 0 heterocycles. The van der Waals surface area contributed by atoms with Gasteiger partial charge in [-0.2, -0.15) is 0 Å². The summed E-state index contributed by atoms with van der Waals surface area (Å²) < 4.78 is 0. The normalized spacial score (nSPS) is 60.0. The molecule has 0 bridgehead atoms. The largest absolute Gasteiger partial charge is 0.393 e. The van der Waals surface area contributed by atoms with E-state index in [0.29, 0.717) is 10.8 Å². The molecular weight excluding hydrogens is 260 g/mol. The summed E-state index contributed by atoms with van der Waals surface area (Å²) in [6.07, 6.45) is 10.7. The van der Waals surface area contributed by atoms with E-state index in [9.17, 15) is 10.2 Å². The zero-order chi connectivity index (χ0) is 14.8. The summed E-state index contributed by atoms with van der Waals surface area (Å²) in [7, 11) is 0. The lowest BCUT2D eigenvalue weighted by molar-refractivity contribution is -0.120. The molecule has 4 rings (SSSR count). The number of rotatable bonds is 0. The van der Waals surface area contributed by atoms with Gasteiger partial charge in [-0.1, -0.05) is 13.8 Å². The predicted octanol–water partition coefficient (Wildman–Crippen LogP) is 3.75. The van der Waals surface area contributed by atoms with Crippen molar-refractivity contribution in [1.82, 2.24) is 0 Å². The van der Waals surface area contributed by atoms with E-state index in [-0.39, 0.29) is 12.2 Å². The third-order valence-corrected chi connectivity index (χ3v) is 8.38. The molecule has 4 saturated carbocycles. The molecule has 2 heteroatoms. The first-order valence-electron chi connectivity index (χ1n) is 9.28. The van der Waals surface area contributed by atoms with E-state index in [0.717, 1.165) is 49.4 Å². The number of hydrogen-bond acceptors (Lipinski definition) is 2. The fraction of sp³-hybridized carbons (Fsp3) is 1.00. The number of fused-ring (bicyclic) bond motifs is 5. The van der Waals surface area contributed by atoms with E-state index in [1.807, 2.05) is 0 Å². The number of aliphatic hydroxyl groups excluding tert-OH is 2. The molecule has 8 atom stereocenters. The summed E-state index contributed by atoms with van der Waals surface area (Å²) in [4.78, 5) is 0. The van der Waals surface area contributed by atoms with E-state index in [1.165, 1.54) is 32.1 Å². The fourth-order valence-corrected chi connectivity index (χ4v) is 7.26. The van der Waals surface area contributed by atoms with Gasteiger partial charge in [0.25, 0.3) is 0 Å². The summed E-state index contributed by atoms with van der Waals surface area (Å²) in [6.45, 7) is 4.98. The summed E-state index contributed by atoms with van der Waals surface area (Å²) in [6, 6.07) is 0. The summed E-state index contributed by atoms with van der Waals surface area (Å²) in [5.41, 5.74) is 0.884. The highest BCUT2D eigenvalue weighted by molar-refractivity contribution is 5.08. The average molecular weight is 292 g/mol. The van der Waals surface area contributed by atoms with E-state index in [2.05, 4.69) is 13.8 Å². The SMILES string of the molecule is C[C@]12CC[C@H]3[C@@H](CCC4CC(O)CC[C@@]43C)[C@@H]1CC(O)C2. The van der Waals surface area contributed by atoms with Crippen LogP contribution in [0, 0.1) is 34.5 Å². The molecule has 3 unspecified atom stereocenters. The molecule has 0 amide bonds. The van der Waals surface area contributed by atoms with Crippen molar-refractivity contribution in [2.45, 2.75) is 83.8 Å². The third-order valence-electron chi connectivity index (χ3n) is 8.38. The van der Waals surface area contributed by atoms with Crippen LogP contribution in [0.15, 0.2) is 0 Å². The van der Waals surface area contributed by atoms with Gasteiger partial charge in [-0.05, 0) is 92.3 Å². The highest BCUT2D eigenvalue weighted by atomic mass is 16.3. The number of hydrogen-bond donors (Lipinski definition) is 2. The van der Waals surface area contributed by atoms with E-state index in [4.69, 9.17) is 0 Å². The maximum Gasteiger partial charge on any atom is 0.0548 e. The molecule has 4 aliphatic carbocycles. The Balaban J connectivity index is 1.62. The molecule has 0 spiro atoms. The van der Waals surface area contributed by atoms with Gasteiger partial charge >= 0.3 is 0 Å². The van der Waals surface area contributed by atoms with Crippen molar-refractivity contribution in [3.05, 3.63) is 0 Å². The van der Waals surface area contributed by atoms with E-state index < -0.39 is 0 Å². The molecular formula is C19H32O2. The van der Waals surface area contributed by atoms with Crippen LogP contribution in [-0.2, 0) is 0 Å². The van der Waals surface area contributed by atoms with Gasteiger partial charge < -0.3 is 10.2 Å². The minimum absolute atomic E-state index is 0.0400. The molecule has 0 aliphatic heterocycles. The van der Waals surface area contributed by atoms with E-state index >= 15 is 0 Å². The number of aliphatic hydroxyl groups is 2. The lowest BCUT2D eigenvalue weighted by atomic mass is 9.45. The molecule has 2 nitrogen and oxygen atoms in total. The zero-order valence-electron chi connectivity index (χ0n) is 13.7. The fourth-order valence-electron chi connectivity index (χ4n) is 7.26. The van der Waals surface area contributed by atoms with Crippen LogP contribution < -0.4 is 0 Å². The monoisotopic (exact) mass is 292 g/mol. The highest BCUT2D eigenvalue weighted by Gasteiger charge is 2.58. The van der Waals surface area contributed by atoms with Crippen LogP contribution >= 0.6 is 0 Å². The molecule has 4 fully saturated rings. The molecule has 120 valence electrons. The van der Waals surface area contributed by atoms with Crippen molar-refractivity contribution >= 4 is 0 Å². The smallest absolute Gasteiger partial charge is 0.0548 e. The Bertz CT molecular complexity index is 422. The van der Waals surface area contributed by atoms with Crippen LogP contribution in [0.1, 0.15) is 71.6 Å². The summed E-state index contributed by atoms with van der Waals surface area (Å²) in [5.74, 6) is 3.21. The van der Waals surface area contributed by atoms with Gasteiger partial charge in [0.1, 0.15) is 0 Å². The van der Waals surface area contributed by atoms with Crippen molar-refractivity contribution < 1.29 is 10.2 Å². The predicted molar refractivity (Wildman–Crippen MR) is 83.7 cm³/mol. The Hall–Kier alpha value is -0.0800. The minimum atomic E-state index is -0.0440. The lowest BCUT2D eigenvalue weighted by Gasteiger charge is -2.60.